The molecule has 1 saturated heterocycles. The number of carbonyl (C=O) groups is 1. The zero-order valence-corrected chi connectivity index (χ0v) is 25.5. The number of hydrogen-bond acceptors (Lipinski definition) is 8. The number of likely N-dealkylation sites (N-methyl/N-ethyl adjacent to an activating group) is 1. The van der Waals surface area contributed by atoms with E-state index in [0.717, 1.165) is 19.3 Å². The first kappa shape index (κ1) is 34.5. The molecule has 1 unspecified atom stereocenters. The van der Waals surface area contributed by atoms with Crippen LogP contribution in [-0.4, -0.2) is 83.8 Å². The van der Waals surface area contributed by atoms with Crippen LogP contribution in [-0.2, 0) is 16.2 Å². The topological polar surface area (TPSA) is 104 Å². The quantitative estimate of drug-likeness (QED) is 0.142. The molecule has 0 spiro atoms. The number of carboxylic acid groups (broad SMARTS) is 1. The summed E-state index contributed by atoms with van der Waals surface area (Å²) in [5.74, 6) is -0.661. The van der Waals surface area contributed by atoms with Gasteiger partial charge in [0.05, 0.1) is 11.8 Å². The molecule has 0 radical (unpaired) electrons. The third kappa shape index (κ3) is 10.0. The highest BCUT2D eigenvalue weighted by Crippen LogP contribution is 2.37. The zero-order valence-electron chi connectivity index (χ0n) is 25.5. The summed E-state index contributed by atoms with van der Waals surface area (Å²) < 4.78 is 38.7. The molecule has 3 N–H and O–H groups in total. The molecule has 1 aromatic carbocycles. The summed E-state index contributed by atoms with van der Waals surface area (Å²) in [5.41, 5.74) is 1.10. The minimum Gasteiger partial charge on any atom is -0.485 e. The highest BCUT2D eigenvalue weighted by atomic mass is 19.3. The molecule has 240 valence electrons. The fourth-order valence-electron chi connectivity index (χ4n) is 5.74. The molecule has 3 rings (SSSR count). The van der Waals surface area contributed by atoms with Crippen molar-refractivity contribution >= 4 is 11.7 Å². The lowest BCUT2D eigenvalue weighted by Gasteiger charge is -2.32. The summed E-state index contributed by atoms with van der Waals surface area (Å²) in [4.78, 5) is 20.1. The Morgan fingerprint density at radius 3 is 2.53 bits per heavy atom. The third-order valence-electron chi connectivity index (χ3n) is 7.94. The molecule has 0 bridgehead atoms. The molecule has 1 heterocycles. The Kier molecular flexibility index (Phi) is 13.9. The Balaban J connectivity index is 1.96. The molecule has 1 aliphatic heterocycles. The van der Waals surface area contributed by atoms with Gasteiger partial charge < -0.3 is 25.0 Å². The molecule has 2 aliphatic rings. The van der Waals surface area contributed by atoms with Crippen molar-refractivity contribution in [1.82, 2.24) is 9.96 Å². The Labute approximate surface area is 253 Å². The molecular formula is C32H47F2N3O6. The van der Waals surface area contributed by atoms with E-state index in [2.05, 4.69) is 11.9 Å². The average Bonchev–Trinajstić information content (AvgIpc) is 3.62. The number of nitrogens with zero attached hydrogens (tertiary/aromatic N) is 2. The van der Waals surface area contributed by atoms with Crippen LogP contribution in [0.3, 0.4) is 0 Å². The number of ether oxygens (including phenoxy) is 2. The van der Waals surface area contributed by atoms with Crippen LogP contribution in [0.15, 0.2) is 49.1 Å². The van der Waals surface area contributed by atoms with E-state index in [9.17, 15) is 23.8 Å². The predicted octanol–water partition coefficient (Wildman–Crippen LogP) is 5.76. The van der Waals surface area contributed by atoms with E-state index in [4.69, 9.17) is 14.3 Å². The Morgan fingerprint density at radius 2 is 1.91 bits per heavy atom. The van der Waals surface area contributed by atoms with E-state index in [1.807, 2.05) is 37.1 Å². The van der Waals surface area contributed by atoms with Gasteiger partial charge in [-0.2, -0.15) is 13.8 Å². The van der Waals surface area contributed by atoms with Crippen molar-refractivity contribution < 1.29 is 38.1 Å². The van der Waals surface area contributed by atoms with Crippen LogP contribution < -0.4 is 14.8 Å². The molecule has 0 amide bonds. The second kappa shape index (κ2) is 17.3. The van der Waals surface area contributed by atoms with E-state index in [1.165, 1.54) is 11.1 Å². The number of nitrogens with one attached hydrogen (secondary N) is 1. The minimum atomic E-state index is -3.04. The van der Waals surface area contributed by atoms with Crippen molar-refractivity contribution in [3.63, 3.8) is 0 Å². The van der Waals surface area contributed by atoms with Gasteiger partial charge in [0.15, 0.2) is 0 Å². The maximum atomic E-state index is 13.6. The molecule has 2 fully saturated rings. The van der Waals surface area contributed by atoms with Gasteiger partial charge in [-0.25, -0.2) is 0 Å². The standard InChI is InChI=1S/C32H47F2N3O6/c1-5-7-9-16-27(28(17-10-8-6-2)43-37-18-12-14-25(37)31(39)40)41-30-20-29(42-32(33)34)22(19-23(30)35-3)21-36(4)24-13-11-15-26(24)38/h5,7-10,19-20,24-28,32,35,38H,1,6,11-18,21H2,2-4H3,(H,39,40)/b9-7-,10-8-/t24-,25+,26+,27-,28?/m1/s1. The van der Waals surface area contributed by atoms with Gasteiger partial charge >= 0.3 is 12.6 Å². The smallest absolute Gasteiger partial charge is 0.387 e. The van der Waals surface area contributed by atoms with Gasteiger partial charge in [0.25, 0.3) is 0 Å². The summed E-state index contributed by atoms with van der Waals surface area (Å²) >= 11 is 0. The molecule has 9 nitrogen and oxygen atoms in total. The van der Waals surface area contributed by atoms with E-state index >= 15 is 0 Å². The number of aliphatic carboxylic acids is 1. The molecule has 11 heteroatoms. The molecule has 1 aliphatic carbocycles. The number of hydroxylamine groups is 2. The van der Waals surface area contributed by atoms with Crippen molar-refractivity contribution in [3.8, 4) is 11.5 Å². The average molecular weight is 608 g/mol. The number of anilines is 1. The summed E-state index contributed by atoms with van der Waals surface area (Å²) in [7, 11) is 3.58. The first-order valence-electron chi connectivity index (χ1n) is 15.1. The van der Waals surface area contributed by atoms with E-state index in [0.29, 0.717) is 62.2 Å². The first-order chi connectivity index (χ1) is 20.7. The van der Waals surface area contributed by atoms with Crippen molar-refractivity contribution in [2.75, 3.05) is 26.0 Å². The maximum absolute atomic E-state index is 13.6. The maximum Gasteiger partial charge on any atom is 0.387 e. The monoisotopic (exact) mass is 607 g/mol. The lowest BCUT2D eigenvalue weighted by atomic mass is 10.1. The SMILES string of the molecule is C=C/C=C\C[C@@H](Oc1cc(OC(F)F)c(CN(C)[C@@H]2CCC[C@@H]2O)cc1NC)C(C/C=C\CC)ON1CCC[C@H]1C(=O)O. The zero-order chi connectivity index (χ0) is 31.4. The van der Waals surface area contributed by atoms with Gasteiger partial charge in [-0.1, -0.05) is 43.9 Å². The van der Waals surface area contributed by atoms with Gasteiger partial charge in [-0.15, -0.1) is 0 Å². The van der Waals surface area contributed by atoms with Crippen LogP contribution in [0.25, 0.3) is 0 Å². The van der Waals surface area contributed by atoms with Crippen molar-refractivity contribution in [2.24, 2.45) is 0 Å². The van der Waals surface area contributed by atoms with Crippen LogP contribution in [0.1, 0.15) is 63.9 Å². The number of alkyl halides is 2. The number of aliphatic hydroxyl groups is 1. The normalized spacial score (nSPS) is 22.6. The number of aliphatic hydroxyl groups excluding tert-OH is 1. The summed E-state index contributed by atoms with van der Waals surface area (Å²) in [5, 5.41) is 24.7. The number of hydrogen-bond donors (Lipinski definition) is 3. The number of halogens is 2. The number of allylic oxidation sites excluding steroid dienone is 3. The molecule has 1 aromatic rings. The Bertz CT molecular complexity index is 1100. The van der Waals surface area contributed by atoms with Gasteiger partial charge in [-0.3, -0.25) is 14.5 Å². The summed E-state index contributed by atoms with van der Waals surface area (Å²) in [6.07, 6.45) is 12.9. The molecule has 1 saturated carbocycles. The van der Waals surface area contributed by atoms with Crippen molar-refractivity contribution in [1.29, 1.82) is 0 Å². The lowest BCUT2D eigenvalue weighted by molar-refractivity contribution is -0.228. The van der Waals surface area contributed by atoms with Crippen LogP contribution >= 0.6 is 0 Å². The highest BCUT2D eigenvalue weighted by Gasteiger charge is 2.36. The molecular weight excluding hydrogens is 560 g/mol. The van der Waals surface area contributed by atoms with Crippen LogP contribution in [0.5, 0.6) is 11.5 Å². The fraction of sp³-hybridized carbons (Fsp3) is 0.594. The second-order valence-corrected chi connectivity index (χ2v) is 11.0. The van der Waals surface area contributed by atoms with Crippen LogP contribution in [0.2, 0.25) is 0 Å². The first-order valence-corrected chi connectivity index (χ1v) is 15.1. The fourth-order valence-corrected chi connectivity index (χ4v) is 5.74. The van der Waals surface area contributed by atoms with Gasteiger partial charge in [0, 0.05) is 44.2 Å². The molecule has 0 aromatic heterocycles. The summed E-state index contributed by atoms with van der Waals surface area (Å²) in [6.45, 7) is 3.48. The Morgan fingerprint density at radius 1 is 1.14 bits per heavy atom. The van der Waals surface area contributed by atoms with E-state index in [-0.39, 0.29) is 11.8 Å². The lowest BCUT2D eigenvalue weighted by Crippen LogP contribution is -2.44. The highest BCUT2D eigenvalue weighted by molar-refractivity contribution is 5.73. The van der Waals surface area contributed by atoms with Crippen LogP contribution in [0, 0.1) is 0 Å². The van der Waals surface area contributed by atoms with Crippen LogP contribution in [0.4, 0.5) is 14.5 Å². The van der Waals surface area contributed by atoms with Crippen molar-refractivity contribution in [3.05, 3.63) is 54.7 Å². The number of rotatable bonds is 18. The van der Waals surface area contributed by atoms with E-state index < -0.39 is 36.9 Å². The predicted molar refractivity (Wildman–Crippen MR) is 162 cm³/mol. The van der Waals surface area contributed by atoms with E-state index in [1.54, 1.807) is 25.3 Å². The minimum absolute atomic E-state index is 0.0162. The largest absolute Gasteiger partial charge is 0.485 e. The van der Waals surface area contributed by atoms with Gasteiger partial charge in [-0.05, 0) is 58.1 Å². The second-order valence-electron chi connectivity index (χ2n) is 11.0. The number of carboxylic acids is 1. The molecule has 43 heavy (non-hydrogen) atoms. The third-order valence-corrected chi connectivity index (χ3v) is 7.94. The Hall–Kier alpha value is -2.99. The van der Waals surface area contributed by atoms with Gasteiger partial charge in [0.1, 0.15) is 29.7 Å². The number of benzene rings is 1. The van der Waals surface area contributed by atoms with Gasteiger partial charge in [0.2, 0.25) is 0 Å². The summed E-state index contributed by atoms with van der Waals surface area (Å²) in [6, 6.07) is 2.37. The molecule has 5 atom stereocenters. The van der Waals surface area contributed by atoms with Crippen molar-refractivity contribution in [2.45, 2.75) is 102 Å².